The molecule has 0 bridgehead atoms. The molecule has 0 saturated carbocycles. The molecule has 5 nitrogen and oxygen atoms in total. The lowest BCUT2D eigenvalue weighted by Gasteiger charge is -2.22. The van der Waals surface area contributed by atoms with Crippen molar-refractivity contribution >= 4 is 0 Å². The normalized spacial score (nSPS) is 20.6. The van der Waals surface area contributed by atoms with Gasteiger partial charge >= 0.3 is 0 Å². The molecular formula is C12H23N5. The topological polar surface area (TPSA) is 46.0 Å². The molecule has 1 aromatic heterocycles. The average molecular weight is 237 g/mol. The fraction of sp³-hybridized carbons (Fsp3) is 0.833. The fourth-order valence-electron chi connectivity index (χ4n) is 2.33. The molecule has 0 aliphatic carbocycles. The van der Waals surface area contributed by atoms with E-state index in [4.69, 9.17) is 0 Å². The van der Waals surface area contributed by atoms with E-state index in [9.17, 15) is 0 Å². The maximum Gasteiger partial charge on any atom is 0.137 e. The van der Waals surface area contributed by atoms with E-state index in [0.717, 1.165) is 13.1 Å². The molecule has 0 spiro atoms. The first kappa shape index (κ1) is 12.5. The van der Waals surface area contributed by atoms with Gasteiger partial charge in [0.05, 0.1) is 6.04 Å². The molecule has 0 radical (unpaired) electrons. The van der Waals surface area contributed by atoms with Crippen molar-refractivity contribution in [2.45, 2.75) is 38.8 Å². The number of nitrogens with one attached hydrogen (secondary N) is 1. The molecule has 2 unspecified atom stereocenters. The van der Waals surface area contributed by atoms with Crippen LogP contribution in [0.2, 0.25) is 0 Å². The average Bonchev–Trinajstić information content (AvgIpc) is 2.97. The monoisotopic (exact) mass is 237 g/mol. The standard InChI is InChI=1S/C12H23N5/c1-11(8-16-5-3-4-6-16)14-7-12(2)17-10-13-9-15-17/h9-12,14H,3-8H2,1-2H3. The van der Waals surface area contributed by atoms with Crippen LogP contribution < -0.4 is 5.32 Å². The molecule has 5 heteroatoms. The Balaban J connectivity index is 1.66. The minimum atomic E-state index is 0.360. The number of aromatic nitrogens is 3. The Labute approximate surface area is 103 Å². The number of likely N-dealkylation sites (tertiary alicyclic amines) is 1. The lowest BCUT2D eigenvalue weighted by Crippen LogP contribution is -2.40. The van der Waals surface area contributed by atoms with Crippen molar-refractivity contribution in [3.63, 3.8) is 0 Å². The highest BCUT2D eigenvalue weighted by atomic mass is 15.3. The zero-order valence-corrected chi connectivity index (χ0v) is 10.8. The van der Waals surface area contributed by atoms with Crippen LogP contribution in [-0.4, -0.2) is 51.9 Å². The highest BCUT2D eigenvalue weighted by molar-refractivity contribution is 4.74. The van der Waals surface area contributed by atoms with E-state index < -0.39 is 0 Å². The van der Waals surface area contributed by atoms with Gasteiger partial charge in [-0.25, -0.2) is 9.67 Å². The molecule has 0 amide bonds. The Morgan fingerprint density at radius 3 is 2.71 bits per heavy atom. The Hall–Kier alpha value is -0.940. The third kappa shape index (κ3) is 3.78. The van der Waals surface area contributed by atoms with Crippen molar-refractivity contribution < 1.29 is 0 Å². The van der Waals surface area contributed by atoms with Crippen LogP contribution in [0.3, 0.4) is 0 Å². The van der Waals surface area contributed by atoms with Crippen LogP contribution >= 0.6 is 0 Å². The van der Waals surface area contributed by atoms with Gasteiger partial charge in [-0.15, -0.1) is 0 Å². The highest BCUT2D eigenvalue weighted by Crippen LogP contribution is 2.08. The van der Waals surface area contributed by atoms with Gasteiger partial charge in [0.2, 0.25) is 0 Å². The molecule has 1 fully saturated rings. The van der Waals surface area contributed by atoms with Gasteiger partial charge in [-0.1, -0.05) is 0 Å². The molecule has 1 aliphatic heterocycles. The van der Waals surface area contributed by atoms with Crippen LogP contribution in [0.1, 0.15) is 32.7 Å². The summed E-state index contributed by atoms with van der Waals surface area (Å²) in [4.78, 5) is 6.51. The third-order valence-electron chi connectivity index (χ3n) is 3.38. The lowest BCUT2D eigenvalue weighted by molar-refractivity contribution is 0.291. The second kappa shape index (κ2) is 6.12. The predicted octanol–water partition coefficient (Wildman–Crippen LogP) is 0.913. The van der Waals surface area contributed by atoms with Gasteiger partial charge in [-0.05, 0) is 39.8 Å². The number of rotatable bonds is 6. The van der Waals surface area contributed by atoms with Crippen molar-refractivity contribution in [2.75, 3.05) is 26.2 Å². The smallest absolute Gasteiger partial charge is 0.137 e. The van der Waals surface area contributed by atoms with Gasteiger partial charge < -0.3 is 10.2 Å². The Morgan fingerprint density at radius 1 is 1.29 bits per heavy atom. The molecule has 1 N–H and O–H groups in total. The molecule has 17 heavy (non-hydrogen) atoms. The second-order valence-electron chi connectivity index (χ2n) is 5.04. The van der Waals surface area contributed by atoms with Gasteiger partial charge in [0.1, 0.15) is 12.7 Å². The van der Waals surface area contributed by atoms with Gasteiger partial charge in [0.25, 0.3) is 0 Å². The largest absolute Gasteiger partial charge is 0.311 e. The summed E-state index contributed by atoms with van der Waals surface area (Å²) in [7, 11) is 0. The van der Waals surface area contributed by atoms with Gasteiger partial charge in [-0.2, -0.15) is 5.10 Å². The van der Waals surface area contributed by atoms with E-state index in [1.807, 2.05) is 4.68 Å². The van der Waals surface area contributed by atoms with Crippen LogP contribution in [0.25, 0.3) is 0 Å². The molecule has 2 heterocycles. The van der Waals surface area contributed by atoms with Crippen LogP contribution in [0.5, 0.6) is 0 Å². The molecule has 2 atom stereocenters. The summed E-state index contributed by atoms with van der Waals surface area (Å²) in [6.07, 6.45) is 6.09. The van der Waals surface area contributed by atoms with Gasteiger partial charge in [0, 0.05) is 19.1 Å². The Bertz CT molecular complexity index is 305. The van der Waals surface area contributed by atoms with Gasteiger partial charge in [0.15, 0.2) is 0 Å². The van der Waals surface area contributed by atoms with E-state index in [2.05, 4.69) is 34.1 Å². The third-order valence-corrected chi connectivity index (χ3v) is 3.38. The zero-order valence-electron chi connectivity index (χ0n) is 10.8. The van der Waals surface area contributed by atoms with Crippen LogP contribution in [0.15, 0.2) is 12.7 Å². The van der Waals surface area contributed by atoms with Crippen molar-refractivity contribution in [1.29, 1.82) is 0 Å². The fourth-order valence-corrected chi connectivity index (χ4v) is 2.33. The SMILES string of the molecule is CC(CN1CCCC1)NCC(C)n1cncn1. The maximum absolute atomic E-state index is 4.15. The number of hydrogen-bond acceptors (Lipinski definition) is 4. The number of hydrogen-bond donors (Lipinski definition) is 1. The van der Waals surface area contributed by atoms with Crippen molar-refractivity contribution in [1.82, 2.24) is 25.0 Å². The highest BCUT2D eigenvalue weighted by Gasteiger charge is 2.15. The summed E-state index contributed by atoms with van der Waals surface area (Å²) in [5, 5.41) is 7.72. The van der Waals surface area contributed by atoms with Crippen molar-refractivity contribution in [3.05, 3.63) is 12.7 Å². The van der Waals surface area contributed by atoms with Crippen LogP contribution in [0.4, 0.5) is 0 Å². The van der Waals surface area contributed by atoms with Crippen molar-refractivity contribution in [3.8, 4) is 0 Å². The second-order valence-corrected chi connectivity index (χ2v) is 5.04. The van der Waals surface area contributed by atoms with E-state index in [1.54, 1.807) is 12.7 Å². The quantitative estimate of drug-likeness (QED) is 0.799. The summed E-state index contributed by atoms with van der Waals surface area (Å²) in [6.45, 7) is 9.05. The van der Waals surface area contributed by atoms with E-state index >= 15 is 0 Å². The Morgan fingerprint density at radius 2 is 2.06 bits per heavy atom. The van der Waals surface area contributed by atoms with E-state index in [0.29, 0.717) is 12.1 Å². The molecule has 1 aliphatic rings. The summed E-state index contributed by atoms with van der Waals surface area (Å²) in [6, 6.07) is 0.901. The first-order chi connectivity index (χ1) is 8.25. The summed E-state index contributed by atoms with van der Waals surface area (Å²) >= 11 is 0. The number of nitrogens with zero attached hydrogens (tertiary/aromatic N) is 4. The van der Waals surface area contributed by atoms with Gasteiger partial charge in [-0.3, -0.25) is 0 Å². The maximum atomic E-state index is 4.15. The van der Waals surface area contributed by atoms with E-state index in [1.165, 1.54) is 25.9 Å². The van der Waals surface area contributed by atoms with Crippen LogP contribution in [0, 0.1) is 0 Å². The zero-order chi connectivity index (χ0) is 12.1. The Kier molecular flexibility index (Phi) is 4.50. The van der Waals surface area contributed by atoms with Crippen molar-refractivity contribution in [2.24, 2.45) is 0 Å². The molecule has 1 saturated heterocycles. The molecular weight excluding hydrogens is 214 g/mol. The summed E-state index contributed by atoms with van der Waals surface area (Å²) in [5.74, 6) is 0. The van der Waals surface area contributed by atoms with Crippen LogP contribution in [-0.2, 0) is 0 Å². The van der Waals surface area contributed by atoms with E-state index in [-0.39, 0.29) is 0 Å². The molecule has 0 aromatic carbocycles. The molecule has 2 rings (SSSR count). The first-order valence-electron chi connectivity index (χ1n) is 6.55. The minimum absolute atomic E-state index is 0.360. The lowest BCUT2D eigenvalue weighted by atomic mass is 10.2. The molecule has 1 aromatic rings. The predicted molar refractivity (Wildman–Crippen MR) is 67.9 cm³/mol. The summed E-state index contributed by atoms with van der Waals surface area (Å²) in [5.41, 5.74) is 0. The molecule has 96 valence electrons. The summed E-state index contributed by atoms with van der Waals surface area (Å²) < 4.78 is 1.90. The minimum Gasteiger partial charge on any atom is -0.311 e. The first-order valence-corrected chi connectivity index (χ1v) is 6.55.